The molecule has 2 aromatic carbocycles. The van der Waals surface area contributed by atoms with E-state index < -0.39 is 0 Å². The van der Waals surface area contributed by atoms with E-state index in [2.05, 4.69) is 38.2 Å². The van der Waals surface area contributed by atoms with Crippen LogP contribution in [0.5, 0.6) is 5.75 Å². The minimum atomic E-state index is -0.147. The van der Waals surface area contributed by atoms with Crippen molar-refractivity contribution in [2.75, 3.05) is 7.11 Å². The number of ether oxygens (including phenoxy) is 1. The summed E-state index contributed by atoms with van der Waals surface area (Å²) in [7, 11) is 1.70. The fourth-order valence-electron chi connectivity index (χ4n) is 3.19. The molecule has 0 fully saturated rings. The molecule has 0 spiro atoms. The highest BCUT2D eigenvalue weighted by Crippen LogP contribution is 2.33. The van der Waals surface area contributed by atoms with Gasteiger partial charge in [-0.1, -0.05) is 32.4 Å². The lowest BCUT2D eigenvalue weighted by Gasteiger charge is -2.23. The number of benzene rings is 2. The molecule has 0 aliphatic rings. The molecule has 2 rings (SSSR count). The average Bonchev–Trinajstić information content (AvgIpc) is 2.66. The summed E-state index contributed by atoms with van der Waals surface area (Å²) in [5.74, 6) is 1.30. The molecule has 0 saturated heterocycles. The molecule has 0 unspecified atom stereocenters. The van der Waals surface area contributed by atoms with Gasteiger partial charge in [-0.2, -0.15) is 0 Å². The number of hydrogen-bond donors (Lipinski definition) is 1. The fraction of sp³-hybridized carbons (Fsp3) is 0.435. The van der Waals surface area contributed by atoms with E-state index in [9.17, 15) is 4.79 Å². The maximum Gasteiger partial charge on any atom is 0.233 e. The van der Waals surface area contributed by atoms with Crippen LogP contribution in [0.2, 0.25) is 5.02 Å². The van der Waals surface area contributed by atoms with E-state index in [-0.39, 0.29) is 17.2 Å². The third-order valence-electron chi connectivity index (χ3n) is 4.82. The highest BCUT2D eigenvalue weighted by molar-refractivity contribution is 8.00. The zero-order chi connectivity index (χ0) is 20.8. The second-order valence-corrected chi connectivity index (χ2v) is 9.02. The first-order valence-corrected chi connectivity index (χ1v) is 10.9. The molecule has 2 atom stereocenters. The van der Waals surface area contributed by atoms with Gasteiger partial charge in [-0.15, -0.1) is 11.8 Å². The summed E-state index contributed by atoms with van der Waals surface area (Å²) >= 11 is 7.53. The lowest BCUT2D eigenvalue weighted by molar-refractivity contribution is -0.121. The third-order valence-corrected chi connectivity index (χ3v) is 6.45. The van der Waals surface area contributed by atoms with E-state index in [4.69, 9.17) is 16.3 Å². The Labute approximate surface area is 178 Å². The Hall–Kier alpha value is -1.65. The quantitative estimate of drug-likeness (QED) is 0.494. The summed E-state index contributed by atoms with van der Waals surface area (Å²) in [6, 6.07) is 11.8. The Morgan fingerprint density at radius 3 is 2.32 bits per heavy atom. The number of rotatable bonds is 8. The van der Waals surface area contributed by atoms with Crippen molar-refractivity contribution in [3.8, 4) is 5.75 Å². The van der Waals surface area contributed by atoms with Crippen molar-refractivity contribution in [3.05, 3.63) is 58.1 Å². The van der Waals surface area contributed by atoms with Crippen molar-refractivity contribution in [3.63, 3.8) is 0 Å². The van der Waals surface area contributed by atoms with Gasteiger partial charge in [0.15, 0.2) is 0 Å². The molecule has 152 valence electrons. The maximum absolute atomic E-state index is 12.9. The molecule has 28 heavy (non-hydrogen) atoms. The second-order valence-electron chi connectivity index (χ2n) is 7.30. The van der Waals surface area contributed by atoms with E-state index in [1.807, 2.05) is 38.1 Å². The minimum Gasteiger partial charge on any atom is -0.496 e. The van der Waals surface area contributed by atoms with Crippen molar-refractivity contribution < 1.29 is 9.53 Å². The largest absolute Gasteiger partial charge is 0.496 e. The predicted octanol–water partition coefficient (Wildman–Crippen LogP) is 6.53. The molecular weight excluding hydrogens is 390 g/mol. The number of thioether (sulfide) groups is 1. The van der Waals surface area contributed by atoms with Crippen LogP contribution >= 0.6 is 23.4 Å². The predicted molar refractivity (Wildman–Crippen MR) is 120 cm³/mol. The van der Waals surface area contributed by atoms with Crippen LogP contribution in [0.3, 0.4) is 0 Å². The summed E-state index contributed by atoms with van der Waals surface area (Å²) < 4.78 is 5.53. The topological polar surface area (TPSA) is 38.3 Å². The summed E-state index contributed by atoms with van der Waals surface area (Å²) in [6.07, 6.45) is 0.755. The van der Waals surface area contributed by atoms with Crippen LogP contribution in [0.4, 0.5) is 0 Å². The molecule has 0 radical (unpaired) electrons. The Morgan fingerprint density at radius 2 is 1.79 bits per heavy atom. The van der Waals surface area contributed by atoms with Crippen LogP contribution in [0.15, 0.2) is 41.3 Å². The number of carbonyl (C=O) groups excluding carboxylic acids is 1. The Balaban J connectivity index is 2.15. The first-order valence-electron chi connectivity index (χ1n) is 9.67. The average molecular weight is 420 g/mol. The van der Waals surface area contributed by atoms with Crippen LogP contribution in [-0.2, 0) is 4.79 Å². The lowest BCUT2D eigenvalue weighted by Crippen LogP contribution is -2.34. The van der Waals surface area contributed by atoms with Crippen LogP contribution in [-0.4, -0.2) is 18.3 Å². The van der Waals surface area contributed by atoms with Crippen LogP contribution in [0.25, 0.3) is 0 Å². The van der Waals surface area contributed by atoms with Gasteiger partial charge in [-0.3, -0.25) is 4.79 Å². The van der Waals surface area contributed by atoms with Gasteiger partial charge in [0.25, 0.3) is 0 Å². The van der Waals surface area contributed by atoms with Crippen molar-refractivity contribution in [1.82, 2.24) is 5.32 Å². The number of hydrogen-bond acceptors (Lipinski definition) is 3. The first-order chi connectivity index (χ1) is 13.3. The lowest BCUT2D eigenvalue weighted by atomic mass is 9.93. The summed E-state index contributed by atoms with van der Waals surface area (Å²) in [5, 5.41) is 3.75. The van der Waals surface area contributed by atoms with Gasteiger partial charge in [0.05, 0.1) is 18.4 Å². The van der Waals surface area contributed by atoms with Gasteiger partial charge >= 0.3 is 0 Å². The summed E-state index contributed by atoms with van der Waals surface area (Å²) in [4.78, 5) is 13.9. The van der Waals surface area contributed by atoms with Crippen molar-refractivity contribution in [2.24, 2.45) is 0 Å². The van der Waals surface area contributed by atoms with Crippen molar-refractivity contribution >= 4 is 29.3 Å². The molecule has 2 aromatic rings. The zero-order valence-electron chi connectivity index (χ0n) is 17.5. The van der Waals surface area contributed by atoms with Gasteiger partial charge in [0.1, 0.15) is 5.75 Å². The third kappa shape index (κ3) is 5.68. The number of methoxy groups -OCH3 is 1. The number of halogens is 1. The molecule has 0 aliphatic carbocycles. The van der Waals surface area contributed by atoms with E-state index in [0.29, 0.717) is 10.9 Å². The highest BCUT2D eigenvalue weighted by atomic mass is 35.5. The monoisotopic (exact) mass is 419 g/mol. The standard InChI is InChI=1S/C23H30ClNO2S/c1-7-22(28-18-10-8-17(24)9-11-18)23(26)25-16(5)20-13-19(14(2)3)21(27-6)12-15(20)4/h8-14,16,22H,7H2,1-6H3,(H,25,26)/t16-,22-/m0/s1. The number of nitrogens with one attached hydrogen (secondary N) is 1. The molecule has 0 aromatic heterocycles. The molecule has 0 saturated carbocycles. The van der Waals surface area contributed by atoms with E-state index in [1.54, 1.807) is 18.9 Å². The fourth-order valence-corrected chi connectivity index (χ4v) is 4.28. The van der Waals surface area contributed by atoms with Crippen LogP contribution < -0.4 is 10.1 Å². The number of amides is 1. The van der Waals surface area contributed by atoms with Gasteiger partial charge in [-0.05, 0) is 79.3 Å². The summed E-state index contributed by atoms with van der Waals surface area (Å²) in [6.45, 7) is 10.4. The highest BCUT2D eigenvalue weighted by Gasteiger charge is 2.22. The van der Waals surface area contributed by atoms with Crippen LogP contribution in [0, 0.1) is 6.92 Å². The Kier molecular flexibility index (Phi) is 8.26. The van der Waals surface area contributed by atoms with Crippen molar-refractivity contribution in [2.45, 2.75) is 63.1 Å². The minimum absolute atomic E-state index is 0.0521. The molecule has 3 nitrogen and oxygen atoms in total. The number of carbonyl (C=O) groups is 1. The van der Waals surface area contributed by atoms with Crippen molar-refractivity contribution in [1.29, 1.82) is 0 Å². The van der Waals surface area contributed by atoms with Gasteiger partial charge in [0, 0.05) is 9.92 Å². The normalized spacial score (nSPS) is 13.3. The van der Waals surface area contributed by atoms with Gasteiger partial charge < -0.3 is 10.1 Å². The number of aryl methyl sites for hydroxylation is 1. The molecule has 0 bridgehead atoms. The van der Waals surface area contributed by atoms with E-state index >= 15 is 0 Å². The maximum atomic E-state index is 12.9. The smallest absolute Gasteiger partial charge is 0.233 e. The first kappa shape index (κ1) is 22.6. The van der Waals surface area contributed by atoms with E-state index in [1.165, 1.54) is 0 Å². The molecule has 1 N–H and O–H groups in total. The van der Waals surface area contributed by atoms with Gasteiger partial charge in [-0.25, -0.2) is 0 Å². The summed E-state index contributed by atoms with van der Waals surface area (Å²) in [5.41, 5.74) is 3.41. The molecule has 1 amide bonds. The molecule has 0 heterocycles. The Morgan fingerprint density at radius 1 is 1.14 bits per heavy atom. The molecular formula is C23H30ClNO2S. The zero-order valence-corrected chi connectivity index (χ0v) is 19.1. The van der Waals surface area contributed by atoms with Gasteiger partial charge in [0.2, 0.25) is 5.91 Å². The Bertz CT molecular complexity index is 805. The molecule has 5 heteroatoms. The van der Waals surface area contributed by atoms with Crippen LogP contribution in [0.1, 0.15) is 62.8 Å². The second kappa shape index (κ2) is 10.2. The molecule has 0 aliphatic heterocycles. The van der Waals surface area contributed by atoms with E-state index in [0.717, 1.165) is 33.8 Å². The SMILES string of the molecule is CC[C@H](Sc1ccc(Cl)cc1)C(=O)N[C@@H](C)c1cc(C(C)C)c(OC)cc1C.